The van der Waals surface area contributed by atoms with Crippen molar-refractivity contribution in [3.63, 3.8) is 0 Å². The summed E-state index contributed by atoms with van der Waals surface area (Å²) in [5.41, 5.74) is 2.39. The molecule has 2 aliphatic rings. The van der Waals surface area contributed by atoms with Gasteiger partial charge in [-0.05, 0) is 62.7 Å². The minimum Gasteiger partial charge on any atom is -0.384 e. The van der Waals surface area contributed by atoms with Crippen LogP contribution in [0.15, 0.2) is 24.3 Å². The second-order valence-electron chi connectivity index (χ2n) is 7.52. The van der Waals surface area contributed by atoms with Crippen molar-refractivity contribution in [3.05, 3.63) is 35.4 Å². The van der Waals surface area contributed by atoms with Crippen LogP contribution < -0.4 is 10.6 Å². The second kappa shape index (κ2) is 11.0. The van der Waals surface area contributed by atoms with Crippen LogP contribution in [-0.2, 0) is 20.7 Å². The number of fused-ring (bicyclic) bond motifs is 1. The van der Waals surface area contributed by atoms with Crippen LogP contribution in [0, 0.1) is 5.41 Å². The van der Waals surface area contributed by atoms with Crippen molar-refractivity contribution in [2.75, 3.05) is 40.0 Å². The number of hydrogen-bond donors (Lipinski definition) is 2. The Bertz CT molecular complexity index is 585. The molecule has 5 nitrogen and oxygen atoms in total. The lowest BCUT2D eigenvalue weighted by Gasteiger charge is -2.35. The van der Waals surface area contributed by atoms with Gasteiger partial charge in [-0.1, -0.05) is 24.3 Å². The van der Waals surface area contributed by atoms with Gasteiger partial charge in [0.05, 0.1) is 18.1 Å². The van der Waals surface area contributed by atoms with E-state index in [1.54, 1.807) is 7.11 Å². The number of methoxy groups -OCH3 is 1. The van der Waals surface area contributed by atoms with E-state index in [0.29, 0.717) is 19.8 Å². The molecule has 1 aromatic rings. The first-order valence-electron chi connectivity index (χ1n) is 9.92. The number of carbonyl (C=O) groups is 1. The summed E-state index contributed by atoms with van der Waals surface area (Å²) < 4.78 is 11.5. The molecule has 1 atom stereocenters. The van der Waals surface area contributed by atoms with Gasteiger partial charge in [-0.25, -0.2) is 0 Å². The van der Waals surface area contributed by atoms with Crippen LogP contribution >= 0.6 is 12.4 Å². The molecule has 2 N–H and O–H groups in total. The standard InChI is InChI=1S/C21H32N2O3.ClH/c1-25-16-21(10-13-22-14-11-21)20(24)23-12-5-15-26-19-9-4-7-17-6-2-3-8-18(17)19;/h2-3,6,8,19,22H,4-5,7,9-16H2,1H3,(H,23,24);1H. The number of benzene rings is 1. The van der Waals surface area contributed by atoms with Gasteiger partial charge < -0.3 is 20.1 Å². The van der Waals surface area contributed by atoms with Crippen LogP contribution in [0.2, 0.25) is 0 Å². The molecule has 1 aliphatic carbocycles. The lowest BCUT2D eigenvalue weighted by Crippen LogP contribution is -2.50. The predicted molar refractivity (Wildman–Crippen MR) is 109 cm³/mol. The molecule has 0 spiro atoms. The fraction of sp³-hybridized carbons (Fsp3) is 0.667. The smallest absolute Gasteiger partial charge is 0.228 e. The van der Waals surface area contributed by atoms with Gasteiger partial charge in [-0.3, -0.25) is 4.79 Å². The van der Waals surface area contributed by atoms with Crippen LogP contribution in [0.25, 0.3) is 0 Å². The Morgan fingerprint density at radius 2 is 2.07 bits per heavy atom. The van der Waals surface area contributed by atoms with Crippen molar-refractivity contribution >= 4 is 18.3 Å². The largest absolute Gasteiger partial charge is 0.384 e. The number of carbonyl (C=O) groups excluding carboxylic acids is 1. The third-order valence-electron chi connectivity index (χ3n) is 5.70. The molecule has 0 aromatic heterocycles. The van der Waals surface area contributed by atoms with Gasteiger partial charge in [0.1, 0.15) is 0 Å². The predicted octanol–water partition coefficient (Wildman–Crippen LogP) is 3.02. The Kier molecular flexibility index (Phi) is 9.03. The van der Waals surface area contributed by atoms with Crippen molar-refractivity contribution in [2.45, 2.75) is 44.6 Å². The van der Waals surface area contributed by atoms with Crippen molar-refractivity contribution in [1.29, 1.82) is 0 Å². The fourth-order valence-electron chi connectivity index (χ4n) is 4.19. The van der Waals surface area contributed by atoms with E-state index in [9.17, 15) is 4.79 Å². The molecule has 6 heteroatoms. The topological polar surface area (TPSA) is 59.6 Å². The van der Waals surface area contributed by atoms with E-state index >= 15 is 0 Å². The van der Waals surface area contributed by atoms with Crippen LogP contribution in [0.3, 0.4) is 0 Å². The summed E-state index contributed by atoms with van der Waals surface area (Å²) in [6, 6.07) is 8.59. The van der Waals surface area contributed by atoms with Crippen molar-refractivity contribution in [1.82, 2.24) is 10.6 Å². The van der Waals surface area contributed by atoms with E-state index < -0.39 is 0 Å². The number of hydrogen-bond acceptors (Lipinski definition) is 4. The molecule has 1 unspecified atom stereocenters. The maximum atomic E-state index is 12.7. The van der Waals surface area contributed by atoms with Gasteiger partial charge in [-0.2, -0.15) is 0 Å². The summed E-state index contributed by atoms with van der Waals surface area (Å²) in [5, 5.41) is 6.43. The van der Waals surface area contributed by atoms with Crippen molar-refractivity contribution in [2.24, 2.45) is 5.41 Å². The highest BCUT2D eigenvalue weighted by Crippen LogP contribution is 2.32. The summed E-state index contributed by atoms with van der Waals surface area (Å²) in [6.07, 6.45) is 6.15. The molecular formula is C21H33ClN2O3. The first kappa shape index (κ1) is 22.2. The first-order valence-corrected chi connectivity index (χ1v) is 9.92. The third kappa shape index (κ3) is 5.67. The van der Waals surface area contributed by atoms with Crippen molar-refractivity contribution in [3.8, 4) is 0 Å². The molecule has 152 valence electrons. The number of halogens is 1. The summed E-state index contributed by atoms with van der Waals surface area (Å²) >= 11 is 0. The number of ether oxygens (including phenoxy) is 2. The Morgan fingerprint density at radius 1 is 1.30 bits per heavy atom. The van der Waals surface area contributed by atoms with E-state index in [2.05, 4.69) is 34.9 Å². The Morgan fingerprint density at radius 3 is 2.85 bits per heavy atom. The van der Waals surface area contributed by atoms with E-state index in [-0.39, 0.29) is 29.8 Å². The monoisotopic (exact) mass is 396 g/mol. The number of aryl methyl sites for hydroxylation is 1. The number of rotatable bonds is 8. The molecule has 3 rings (SSSR count). The molecule has 0 radical (unpaired) electrons. The maximum absolute atomic E-state index is 12.7. The van der Waals surface area contributed by atoms with Gasteiger partial charge in [0, 0.05) is 20.3 Å². The van der Waals surface area contributed by atoms with E-state index in [0.717, 1.165) is 45.2 Å². The Labute approximate surface area is 169 Å². The second-order valence-corrected chi connectivity index (χ2v) is 7.52. The first-order chi connectivity index (χ1) is 12.7. The Balaban J connectivity index is 0.00000261. The summed E-state index contributed by atoms with van der Waals surface area (Å²) in [7, 11) is 1.67. The van der Waals surface area contributed by atoms with E-state index in [4.69, 9.17) is 9.47 Å². The molecule has 1 amide bonds. The van der Waals surface area contributed by atoms with Gasteiger partial charge in [0.15, 0.2) is 0 Å². The minimum atomic E-state index is -0.372. The average molecular weight is 397 g/mol. The van der Waals surface area contributed by atoms with Crippen LogP contribution in [0.1, 0.15) is 49.3 Å². The molecule has 1 fully saturated rings. The third-order valence-corrected chi connectivity index (χ3v) is 5.70. The van der Waals surface area contributed by atoms with Gasteiger partial charge in [-0.15, -0.1) is 12.4 Å². The lowest BCUT2D eigenvalue weighted by atomic mass is 9.78. The molecule has 0 saturated carbocycles. The Hall–Kier alpha value is -1.14. The maximum Gasteiger partial charge on any atom is 0.228 e. The molecule has 27 heavy (non-hydrogen) atoms. The normalized spacial score (nSPS) is 21.0. The van der Waals surface area contributed by atoms with Crippen molar-refractivity contribution < 1.29 is 14.3 Å². The zero-order valence-corrected chi connectivity index (χ0v) is 17.1. The highest BCUT2D eigenvalue weighted by molar-refractivity contribution is 5.85. The lowest BCUT2D eigenvalue weighted by molar-refractivity contribution is -0.136. The molecule has 1 aliphatic heterocycles. The van der Waals surface area contributed by atoms with Gasteiger partial charge in [0.25, 0.3) is 0 Å². The van der Waals surface area contributed by atoms with E-state index in [1.165, 1.54) is 17.5 Å². The van der Waals surface area contributed by atoms with Crippen LogP contribution in [0.4, 0.5) is 0 Å². The average Bonchev–Trinajstić information content (AvgIpc) is 2.68. The molecule has 0 bridgehead atoms. The quantitative estimate of drug-likeness (QED) is 0.663. The number of piperidine rings is 1. The highest BCUT2D eigenvalue weighted by Gasteiger charge is 2.39. The number of nitrogens with one attached hydrogen (secondary N) is 2. The SMILES string of the molecule is COCC1(C(=O)NCCCOC2CCCc3ccccc32)CCNCC1.Cl. The zero-order chi connectivity index (χ0) is 18.2. The fourth-order valence-corrected chi connectivity index (χ4v) is 4.19. The van der Waals surface area contributed by atoms with Crippen LogP contribution in [-0.4, -0.2) is 45.9 Å². The number of amides is 1. The molecule has 1 heterocycles. The van der Waals surface area contributed by atoms with Gasteiger partial charge >= 0.3 is 0 Å². The summed E-state index contributed by atoms with van der Waals surface area (Å²) in [5.74, 6) is 0.129. The molecule has 1 saturated heterocycles. The summed E-state index contributed by atoms with van der Waals surface area (Å²) in [4.78, 5) is 12.7. The highest BCUT2D eigenvalue weighted by atomic mass is 35.5. The summed E-state index contributed by atoms with van der Waals surface area (Å²) in [6.45, 7) is 3.59. The van der Waals surface area contributed by atoms with Gasteiger partial charge in [0.2, 0.25) is 5.91 Å². The van der Waals surface area contributed by atoms with Crippen LogP contribution in [0.5, 0.6) is 0 Å². The van der Waals surface area contributed by atoms with E-state index in [1.807, 2.05) is 0 Å². The molecule has 1 aromatic carbocycles. The minimum absolute atomic E-state index is 0. The molecular weight excluding hydrogens is 364 g/mol. The zero-order valence-electron chi connectivity index (χ0n) is 16.3.